The minimum atomic E-state index is -0.994. The first kappa shape index (κ1) is 23.0. The molecule has 2 aromatic rings. The lowest BCUT2D eigenvalue weighted by atomic mass is 10.3. The fraction of sp³-hybridized carbons (Fsp3) is 0.500. The van der Waals surface area contributed by atoms with E-state index in [0.717, 1.165) is 54.4 Å². The summed E-state index contributed by atoms with van der Waals surface area (Å²) < 4.78 is 16.7. The predicted molar refractivity (Wildman–Crippen MR) is 128 cm³/mol. The van der Waals surface area contributed by atoms with Crippen molar-refractivity contribution < 1.29 is 4.21 Å². The van der Waals surface area contributed by atoms with E-state index in [0.29, 0.717) is 12.3 Å². The van der Waals surface area contributed by atoms with Gasteiger partial charge in [-0.1, -0.05) is 25.1 Å². The zero-order valence-electron chi connectivity index (χ0n) is 16.2. The van der Waals surface area contributed by atoms with Crippen LogP contribution in [0.1, 0.15) is 12.7 Å². The first-order chi connectivity index (χ1) is 13.2. The lowest BCUT2D eigenvalue weighted by Crippen LogP contribution is -2.53. The van der Waals surface area contributed by atoms with E-state index in [-0.39, 0.29) is 24.0 Å². The molecule has 1 aromatic heterocycles. The molecule has 1 aliphatic rings. The van der Waals surface area contributed by atoms with Gasteiger partial charge in [0.15, 0.2) is 5.96 Å². The van der Waals surface area contributed by atoms with Gasteiger partial charge in [-0.2, -0.15) is 4.37 Å². The second-order valence-electron chi connectivity index (χ2n) is 6.16. The van der Waals surface area contributed by atoms with E-state index >= 15 is 0 Å². The van der Waals surface area contributed by atoms with Crippen molar-refractivity contribution in [3.63, 3.8) is 0 Å². The molecule has 3 rings (SSSR count). The summed E-state index contributed by atoms with van der Waals surface area (Å²) in [5.41, 5.74) is 0. The number of aryl methyl sites for hydroxylation is 1. The molecule has 7 nitrogen and oxygen atoms in total. The Kier molecular flexibility index (Phi) is 9.59. The van der Waals surface area contributed by atoms with E-state index in [1.165, 1.54) is 11.5 Å². The summed E-state index contributed by atoms with van der Waals surface area (Å²) in [6, 6.07) is 9.58. The van der Waals surface area contributed by atoms with E-state index < -0.39 is 10.8 Å². The summed E-state index contributed by atoms with van der Waals surface area (Å²) in [4.78, 5) is 14.4. The van der Waals surface area contributed by atoms with Gasteiger partial charge in [-0.25, -0.2) is 4.98 Å². The number of piperazine rings is 1. The number of aromatic nitrogens is 2. The van der Waals surface area contributed by atoms with Crippen molar-refractivity contribution in [3.05, 3.63) is 36.2 Å². The minimum absolute atomic E-state index is 0. The molecule has 0 saturated carbocycles. The van der Waals surface area contributed by atoms with Crippen LogP contribution in [0.15, 0.2) is 40.2 Å². The number of aliphatic imine (C=N–C) groups is 1. The lowest BCUT2D eigenvalue weighted by Gasteiger charge is -2.36. The van der Waals surface area contributed by atoms with Crippen LogP contribution in [0.3, 0.4) is 0 Å². The molecule has 0 bridgehead atoms. The van der Waals surface area contributed by atoms with Gasteiger partial charge < -0.3 is 15.1 Å². The van der Waals surface area contributed by atoms with Crippen LogP contribution in [0.2, 0.25) is 0 Å². The Morgan fingerprint density at radius 2 is 1.96 bits per heavy atom. The number of halogens is 1. The molecule has 0 aliphatic carbocycles. The molecule has 154 valence electrons. The van der Waals surface area contributed by atoms with Gasteiger partial charge in [0.2, 0.25) is 5.13 Å². The first-order valence-corrected chi connectivity index (χ1v) is 11.3. The van der Waals surface area contributed by atoms with Crippen molar-refractivity contribution in [1.29, 1.82) is 0 Å². The normalized spacial score (nSPS) is 15.9. The fourth-order valence-corrected chi connectivity index (χ4v) is 4.69. The van der Waals surface area contributed by atoms with Crippen molar-refractivity contribution in [3.8, 4) is 0 Å². The molecule has 10 heteroatoms. The van der Waals surface area contributed by atoms with Gasteiger partial charge in [-0.3, -0.25) is 9.20 Å². The summed E-state index contributed by atoms with van der Waals surface area (Å²) in [5, 5.41) is 4.35. The maximum absolute atomic E-state index is 12.3. The Balaban J connectivity index is 0.00000280. The number of hydrogen-bond acceptors (Lipinski definition) is 6. The highest BCUT2D eigenvalue weighted by atomic mass is 127. The first-order valence-electron chi connectivity index (χ1n) is 9.17. The summed E-state index contributed by atoms with van der Waals surface area (Å²) in [5.74, 6) is 2.35. The quantitative estimate of drug-likeness (QED) is 0.348. The van der Waals surface area contributed by atoms with Crippen LogP contribution in [0.4, 0.5) is 5.13 Å². The van der Waals surface area contributed by atoms with Crippen LogP contribution in [-0.2, 0) is 17.2 Å². The van der Waals surface area contributed by atoms with Crippen molar-refractivity contribution in [2.45, 2.75) is 18.2 Å². The smallest absolute Gasteiger partial charge is 0.205 e. The Morgan fingerprint density at radius 3 is 2.57 bits per heavy atom. The molecule has 0 amide bonds. The van der Waals surface area contributed by atoms with E-state index in [9.17, 15) is 4.21 Å². The van der Waals surface area contributed by atoms with Crippen LogP contribution >= 0.6 is 35.5 Å². The minimum Gasteiger partial charge on any atom is -0.355 e. The van der Waals surface area contributed by atoms with Crippen LogP contribution in [0.5, 0.6) is 0 Å². The third kappa shape index (κ3) is 6.11. The number of hydrogen-bond donors (Lipinski definition) is 1. The van der Waals surface area contributed by atoms with Gasteiger partial charge in [0.05, 0.1) is 10.8 Å². The highest BCUT2D eigenvalue weighted by molar-refractivity contribution is 14.0. The summed E-state index contributed by atoms with van der Waals surface area (Å²) in [7, 11) is 0.799. The van der Waals surface area contributed by atoms with E-state index in [4.69, 9.17) is 0 Å². The molecule has 28 heavy (non-hydrogen) atoms. The van der Waals surface area contributed by atoms with E-state index in [1.54, 1.807) is 7.05 Å². The van der Waals surface area contributed by atoms with Crippen molar-refractivity contribution in [1.82, 2.24) is 19.6 Å². The molecule has 1 saturated heterocycles. The van der Waals surface area contributed by atoms with Gasteiger partial charge in [-0.05, 0) is 12.1 Å². The zero-order valence-corrected chi connectivity index (χ0v) is 20.2. The zero-order chi connectivity index (χ0) is 19.1. The molecule has 1 aromatic carbocycles. The van der Waals surface area contributed by atoms with Gasteiger partial charge in [0.25, 0.3) is 0 Å². The van der Waals surface area contributed by atoms with Crippen LogP contribution in [0.25, 0.3) is 0 Å². The second-order valence-corrected chi connectivity index (χ2v) is 8.46. The number of anilines is 1. The highest BCUT2D eigenvalue weighted by Gasteiger charge is 2.22. The molecule has 1 unspecified atom stereocenters. The Labute approximate surface area is 190 Å². The number of nitrogens with zero attached hydrogens (tertiary/aromatic N) is 5. The molecule has 1 fully saturated rings. The molecule has 1 atom stereocenters. The molecule has 1 aliphatic heterocycles. The summed E-state index contributed by atoms with van der Waals surface area (Å²) in [6.45, 7) is 6.25. The molecule has 1 N–H and O–H groups in total. The largest absolute Gasteiger partial charge is 0.355 e. The summed E-state index contributed by atoms with van der Waals surface area (Å²) >= 11 is 1.48. The number of benzene rings is 1. The molecule has 0 spiro atoms. The van der Waals surface area contributed by atoms with Gasteiger partial charge >= 0.3 is 0 Å². The van der Waals surface area contributed by atoms with Crippen molar-refractivity contribution >= 4 is 57.4 Å². The SMILES string of the molecule is CCc1nsc(N2CCN(C(=NC)NCCS(=O)c3ccccc3)CC2)n1.I. The molecule has 2 heterocycles. The van der Waals surface area contributed by atoms with Crippen LogP contribution in [0, 0.1) is 0 Å². The topological polar surface area (TPSA) is 73.7 Å². The van der Waals surface area contributed by atoms with Gasteiger partial charge in [0.1, 0.15) is 5.82 Å². The van der Waals surface area contributed by atoms with Crippen LogP contribution in [-0.4, -0.2) is 70.0 Å². The lowest BCUT2D eigenvalue weighted by molar-refractivity contribution is 0.373. The van der Waals surface area contributed by atoms with E-state index in [2.05, 4.69) is 36.4 Å². The number of nitrogens with one attached hydrogen (secondary N) is 1. The monoisotopic (exact) mass is 534 g/mol. The maximum Gasteiger partial charge on any atom is 0.205 e. The van der Waals surface area contributed by atoms with Crippen molar-refractivity contribution in [2.24, 2.45) is 4.99 Å². The molecule has 0 radical (unpaired) electrons. The van der Waals surface area contributed by atoms with Gasteiger partial charge in [0, 0.05) is 68.4 Å². The average molecular weight is 534 g/mol. The van der Waals surface area contributed by atoms with E-state index in [1.807, 2.05) is 30.3 Å². The van der Waals surface area contributed by atoms with Crippen LogP contribution < -0.4 is 10.2 Å². The Hall–Kier alpha value is -1.27. The number of guanidine groups is 1. The third-order valence-corrected chi connectivity index (χ3v) is 6.60. The summed E-state index contributed by atoms with van der Waals surface area (Å²) in [6.07, 6.45) is 0.872. The predicted octanol–water partition coefficient (Wildman–Crippen LogP) is 2.22. The fourth-order valence-electron chi connectivity index (χ4n) is 2.90. The standard InChI is InChI=1S/C18H26N6OS2.HI/c1-3-16-21-18(26-22-16)24-12-10-23(11-13-24)17(19-2)20-9-14-27(25)15-7-5-4-6-8-15;/h4-8H,3,9-14H2,1-2H3,(H,19,20);1H. The second kappa shape index (κ2) is 11.7. The highest BCUT2D eigenvalue weighted by Crippen LogP contribution is 2.19. The Morgan fingerprint density at radius 1 is 1.25 bits per heavy atom. The Bertz CT molecular complexity index is 777. The van der Waals surface area contributed by atoms with Crippen molar-refractivity contribution in [2.75, 3.05) is 50.4 Å². The molecular weight excluding hydrogens is 507 g/mol. The molecular formula is C18H27IN6OS2. The third-order valence-electron chi connectivity index (χ3n) is 4.41. The number of rotatable bonds is 6. The average Bonchev–Trinajstić information content (AvgIpc) is 3.21. The van der Waals surface area contributed by atoms with Gasteiger partial charge in [-0.15, -0.1) is 24.0 Å². The maximum atomic E-state index is 12.3.